The first-order valence-corrected chi connectivity index (χ1v) is 9.61. The Bertz CT molecular complexity index is 280. The molecule has 1 nitrogen and oxygen atoms in total. The highest BCUT2D eigenvalue weighted by Gasteiger charge is 2.30. The molecule has 0 amide bonds. The minimum atomic E-state index is 0.578. The van der Waals surface area contributed by atoms with E-state index in [0.717, 1.165) is 30.8 Å². The van der Waals surface area contributed by atoms with Crippen molar-refractivity contribution in [3.05, 3.63) is 12.2 Å². The highest BCUT2D eigenvalue weighted by Crippen LogP contribution is 2.40. The van der Waals surface area contributed by atoms with E-state index < -0.39 is 0 Å². The minimum Gasteiger partial charge on any atom is -0.378 e. The Hall–Kier alpha value is -0.300. The number of hydrogen-bond acceptors (Lipinski definition) is 1. The molecule has 0 aromatic carbocycles. The van der Waals surface area contributed by atoms with Crippen molar-refractivity contribution in [3.63, 3.8) is 0 Å². The SMILES string of the molecule is CCCC=CC1CCC(C2CCC(OCCC)CC2)CC1. The molecule has 2 fully saturated rings. The molecule has 0 aliphatic heterocycles. The maximum Gasteiger partial charge on any atom is 0.0575 e. The topological polar surface area (TPSA) is 9.23 Å². The highest BCUT2D eigenvalue weighted by atomic mass is 16.5. The second-order valence-corrected chi connectivity index (χ2v) is 7.30. The summed E-state index contributed by atoms with van der Waals surface area (Å²) in [6.07, 6.45) is 20.6. The van der Waals surface area contributed by atoms with Crippen molar-refractivity contribution >= 4 is 0 Å². The van der Waals surface area contributed by atoms with Crippen LogP contribution < -0.4 is 0 Å². The largest absolute Gasteiger partial charge is 0.378 e. The lowest BCUT2D eigenvalue weighted by Gasteiger charge is -2.37. The van der Waals surface area contributed by atoms with Crippen LogP contribution in [0.3, 0.4) is 0 Å². The van der Waals surface area contributed by atoms with Crippen LogP contribution in [-0.4, -0.2) is 12.7 Å². The van der Waals surface area contributed by atoms with E-state index in [9.17, 15) is 0 Å². The van der Waals surface area contributed by atoms with Crippen LogP contribution in [0.5, 0.6) is 0 Å². The van der Waals surface area contributed by atoms with E-state index in [2.05, 4.69) is 26.0 Å². The van der Waals surface area contributed by atoms with Gasteiger partial charge in [-0.05, 0) is 82.0 Å². The van der Waals surface area contributed by atoms with Crippen LogP contribution in [0.25, 0.3) is 0 Å². The summed E-state index contributed by atoms with van der Waals surface area (Å²) in [6, 6.07) is 0. The lowest BCUT2D eigenvalue weighted by atomic mass is 9.70. The van der Waals surface area contributed by atoms with E-state index in [4.69, 9.17) is 4.74 Å². The molecule has 0 atom stereocenters. The summed E-state index contributed by atoms with van der Waals surface area (Å²) < 4.78 is 5.93. The van der Waals surface area contributed by atoms with Crippen molar-refractivity contribution in [2.75, 3.05) is 6.61 Å². The number of allylic oxidation sites excluding steroid dienone is 2. The van der Waals surface area contributed by atoms with E-state index in [1.165, 1.54) is 64.2 Å². The van der Waals surface area contributed by atoms with Gasteiger partial charge >= 0.3 is 0 Å². The molecule has 0 N–H and O–H groups in total. The van der Waals surface area contributed by atoms with Gasteiger partial charge < -0.3 is 4.74 Å². The summed E-state index contributed by atoms with van der Waals surface area (Å²) in [5.74, 6) is 2.91. The van der Waals surface area contributed by atoms with E-state index in [1.807, 2.05) is 0 Å². The molecule has 0 unspecified atom stereocenters. The van der Waals surface area contributed by atoms with Crippen molar-refractivity contribution in [1.82, 2.24) is 0 Å². The molecule has 0 heterocycles. The van der Waals surface area contributed by atoms with Gasteiger partial charge in [0, 0.05) is 6.61 Å². The third-order valence-corrected chi connectivity index (χ3v) is 5.62. The van der Waals surface area contributed by atoms with Crippen molar-refractivity contribution in [3.8, 4) is 0 Å². The van der Waals surface area contributed by atoms with Crippen LogP contribution in [0, 0.1) is 17.8 Å². The Labute approximate surface area is 132 Å². The lowest BCUT2D eigenvalue weighted by Crippen LogP contribution is -2.28. The average molecular weight is 293 g/mol. The van der Waals surface area contributed by atoms with Crippen LogP contribution in [0.2, 0.25) is 0 Å². The van der Waals surface area contributed by atoms with Gasteiger partial charge in [0.2, 0.25) is 0 Å². The molecule has 0 aromatic heterocycles. The van der Waals surface area contributed by atoms with Gasteiger partial charge in [-0.3, -0.25) is 0 Å². The molecule has 0 bridgehead atoms. The van der Waals surface area contributed by atoms with E-state index in [1.54, 1.807) is 0 Å². The zero-order valence-electron chi connectivity index (χ0n) is 14.4. The van der Waals surface area contributed by atoms with Crippen LogP contribution in [0.1, 0.15) is 84.5 Å². The van der Waals surface area contributed by atoms with E-state index in [-0.39, 0.29) is 0 Å². The third kappa shape index (κ3) is 5.77. The molecule has 2 saturated carbocycles. The smallest absolute Gasteiger partial charge is 0.0575 e. The van der Waals surface area contributed by atoms with Gasteiger partial charge in [0.1, 0.15) is 0 Å². The Morgan fingerprint density at radius 3 is 2.00 bits per heavy atom. The first-order chi connectivity index (χ1) is 10.3. The minimum absolute atomic E-state index is 0.578. The zero-order valence-corrected chi connectivity index (χ0v) is 14.4. The molecule has 0 radical (unpaired) electrons. The second kappa shape index (κ2) is 9.66. The zero-order chi connectivity index (χ0) is 14.9. The normalized spacial score (nSPS) is 34.4. The molecular formula is C20H36O. The van der Waals surface area contributed by atoms with Gasteiger partial charge in [0.15, 0.2) is 0 Å². The standard InChI is InChI=1S/C20H36O/c1-3-5-6-7-17-8-10-18(11-9-17)19-12-14-20(15-13-19)21-16-4-2/h6-7,17-20H,3-5,8-16H2,1-2H3. The number of rotatable bonds is 7. The maximum absolute atomic E-state index is 5.93. The van der Waals surface area contributed by atoms with Crippen molar-refractivity contribution in [2.45, 2.75) is 90.6 Å². The fourth-order valence-corrected chi connectivity index (χ4v) is 4.28. The van der Waals surface area contributed by atoms with Gasteiger partial charge in [-0.25, -0.2) is 0 Å². The maximum atomic E-state index is 5.93. The Balaban J connectivity index is 1.64. The number of hydrogen-bond donors (Lipinski definition) is 0. The second-order valence-electron chi connectivity index (χ2n) is 7.30. The van der Waals surface area contributed by atoms with E-state index >= 15 is 0 Å². The molecule has 2 aliphatic rings. The van der Waals surface area contributed by atoms with Gasteiger partial charge in [-0.2, -0.15) is 0 Å². The molecule has 122 valence electrons. The third-order valence-electron chi connectivity index (χ3n) is 5.62. The molecular weight excluding hydrogens is 256 g/mol. The molecule has 2 aliphatic carbocycles. The van der Waals surface area contributed by atoms with Gasteiger partial charge in [0.05, 0.1) is 6.10 Å². The molecule has 0 saturated heterocycles. The average Bonchev–Trinajstić information content (AvgIpc) is 2.54. The molecule has 21 heavy (non-hydrogen) atoms. The summed E-state index contributed by atoms with van der Waals surface area (Å²) in [4.78, 5) is 0. The number of unbranched alkanes of at least 4 members (excludes halogenated alkanes) is 1. The summed E-state index contributed by atoms with van der Waals surface area (Å²) in [5, 5.41) is 0. The monoisotopic (exact) mass is 292 g/mol. The summed E-state index contributed by atoms with van der Waals surface area (Å²) in [6.45, 7) is 5.44. The summed E-state index contributed by atoms with van der Waals surface area (Å²) >= 11 is 0. The molecule has 2 rings (SSSR count). The van der Waals surface area contributed by atoms with Crippen LogP contribution in [0.15, 0.2) is 12.2 Å². The predicted octanol–water partition coefficient (Wildman–Crippen LogP) is 6.13. The molecule has 1 heteroatoms. The summed E-state index contributed by atoms with van der Waals surface area (Å²) in [5.41, 5.74) is 0. The van der Waals surface area contributed by atoms with Gasteiger partial charge in [-0.1, -0.05) is 32.4 Å². The van der Waals surface area contributed by atoms with Gasteiger partial charge in [0.25, 0.3) is 0 Å². The fourth-order valence-electron chi connectivity index (χ4n) is 4.28. The summed E-state index contributed by atoms with van der Waals surface area (Å²) in [7, 11) is 0. The first kappa shape index (κ1) is 17.1. The van der Waals surface area contributed by atoms with Crippen LogP contribution in [0.4, 0.5) is 0 Å². The molecule has 0 spiro atoms. The van der Waals surface area contributed by atoms with Crippen LogP contribution in [-0.2, 0) is 4.74 Å². The lowest BCUT2D eigenvalue weighted by molar-refractivity contribution is 0.00796. The first-order valence-electron chi connectivity index (χ1n) is 9.61. The van der Waals surface area contributed by atoms with Crippen molar-refractivity contribution < 1.29 is 4.74 Å². The van der Waals surface area contributed by atoms with Crippen molar-refractivity contribution in [2.24, 2.45) is 17.8 Å². The van der Waals surface area contributed by atoms with Crippen molar-refractivity contribution in [1.29, 1.82) is 0 Å². The Morgan fingerprint density at radius 1 is 0.810 bits per heavy atom. The van der Waals surface area contributed by atoms with Gasteiger partial charge in [-0.15, -0.1) is 0 Å². The van der Waals surface area contributed by atoms with Crippen LogP contribution >= 0.6 is 0 Å². The highest BCUT2D eigenvalue weighted by molar-refractivity contribution is 4.92. The predicted molar refractivity (Wildman–Crippen MR) is 91.5 cm³/mol. The molecule has 0 aromatic rings. The Kier molecular flexibility index (Phi) is 7.85. The van der Waals surface area contributed by atoms with E-state index in [0.29, 0.717) is 6.10 Å². The number of ether oxygens (including phenoxy) is 1. The Morgan fingerprint density at radius 2 is 1.43 bits per heavy atom. The quantitative estimate of drug-likeness (QED) is 0.512. The fraction of sp³-hybridized carbons (Fsp3) is 0.900.